The van der Waals surface area contributed by atoms with Crippen molar-refractivity contribution in [2.45, 2.75) is 32.0 Å². The van der Waals surface area contributed by atoms with Crippen molar-refractivity contribution in [2.24, 2.45) is 5.73 Å². The molecule has 4 heteroatoms. The summed E-state index contributed by atoms with van der Waals surface area (Å²) >= 11 is 0. The smallest absolute Gasteiger partial charge is 0.0710 e. The van der Waals surface area contributed by atoms with Crippen LogP contribution in [0.4, 0.5) is 0 Å². The summed E-state index contributed by atoms with van der Waals surface area (Å²) in [5, 5.41) is 0. The van der Waals surface area contributed by atoms with Crippen LogP contribution in [0.5, 0.6) is 0 Å². The predicted molar refractivity (Wildman–Crippen MR) is 60.9 cm³/mol. The minimum atomic E-state index is 0.219. The van der Waals surface area contributed by atoms with Gasteiger partial charge in [-0.2, -0.15) is 0 Å². The molecule has 2 atom stereocenters. The zero-order valence-corrected chi connectivity index (χ0v) is 9.95. The Balaban J connectivity index is 2.13. The molecule has 90 valence electrons. The minimum Gasteiger partial charge on any atom is -0.380 e. The highest BCUT2D eigenvalue weighted by Crippen LogP contribution is 2.12. The summed E-state index contributed by atoms with van der Waals surface area (Å²) in [5.74, 6) is 0. The van der Waals surface area contributed by atoms with Crippen molar-refractivity contribution in [3.05, 3.63) is 0 Å². The first-order chi connectivity index (χ1) is 7.30. The average molecular weight is 216 g/mol. The first-order valence-corrected chi connectivity index (χ1v) is 5.87. The van der Waals surface area contributed by atoms with Gasteiger partial charge in [-0.1, -0.05) is 0 Å². The maximum atomic E-state index is 5.63. The lowest BCUT2D eigenvalue weighted by molar-refractivity contribution is 0.0536. The molecule has 0 bridgehead atoms. The van der Waals surface area contributed by atoms with Crippen LogP contribution in [-0.2, 0) is 9.47 Å². The van der Waals surface area contributed by atoms with E-state index in [-0.39, 0.29) is 6.10 Å². The Hall–Kier alpha value is -0.160. The van der Waals surface area contributed by atoms with Crippen molar-refractivity contribution in [3.8, 4) is 0 Å². The molecule has 1 heterocycles. The second-order valence-corrected chi connectivity index (χ2v) is 4.05. The number of ether oxygens (including phenoxy) is 2. The van der Waals surface area contributed by atoms with Crippen LogP contribution >= 0.6 is 0 Å². The van der Waals surface area contributed by atoms with Crippen molar-refractivity contribution < 1.29 is 9.47 Å². The van der Waals surface area contributed by atoms with E-state index >= 15 is 0 Å². The number of likely N-dealkylation sites (tertiary alicyclic amines) is 1. The molecule has 0 aromatic rings. The van der Waals surface area contributed by atoms with Gasteiger partial charge in [0, 0.05) is 39.9 Å². The first-order valence-electron chi connectivity index (χ1n) is 5.87. The summed E-state index contributed by atoms with van der Waals surface area (Å²) in [6.45, 7) is 6.65. The van der Waals surface area contributed by atoms with E-state index in [0.717, 1.165) is 39.1 Å². The topological polar surface area (TPSA) is 47.7 Å². The average Bonchev–Trinajstić information content (AvgIpc) is 2.72. The third-order valence-corrected chi connectivity index (χ3v) is 3.00. The predicted octanol–water partition coefficient (Wildman–Crippen LogP) is 0.461. The fraction of sp³-hybridized carbons (Fsp3) is 1.00. The van der Waals surface area contributed by atoms with E-state index < -0.39 is 0 Å². The Morgan fingerprint density at radius 2 is 2.33 bits per heavy atom. The Kier molecular flexibility index (Phi) is 6.17. The maximum absolute atomic E-state index is 5.63. The van der Waals surface area contributed by atoms with Crippen LogP contribution in [-0.4, -0.2) is 57.0 Å². The highest BCUT2D eigenvalue weighted by molar-refractivity contribution is 4.76. The highest BCUT2D eigenvalue weighted by Gasteiger charge is 2.22. The van der Waals surface area contributed by atoms with Gasteiger partial charge in [0.15, 0.2) is 0 Å². The molecule has 15 heavy (non-hydrogen) atoms. The third-order valence-electron chi connectivity index (χ3n) is 3.00. The van der Waals surface area contributed by atoms with Gasteiger partial charge in [-0.25, -0.2) is 0 Å². The van der Waals surface area contributed by atoms with Crippen molar-refractivity contribution in [2.75, 3.05) is 39.9 Å². The van der Waals surface area contributed by atoms with Crippen LogP contribution in [0.15, 0.2) is 0 Å². The van der Waals surface area contributed by atoms with Crippen LogP contribution < -0.4 is 5.73 Å². The fourth-order valence-corrected chi connectivity index (χ4v) is 2.02. The van der Waals surface area contributed by atoms with Gasteiger partial charge in [0.05, 0.1) is 12.2 Å². The molecule has 1 rings (SSSR count). The number of rotatable bonds is 7. The zero-order chi connectivity index (χ0) is 11.1. The van der Waals surface area contributed by atoms with Crippen LogP contribution in [0.25, 0.3) is 0 Å². The van der Waals surface area contributed by atoms with E-state index in [1.165, 1.54) is 0 Å². The van der Waals surface area contributed by atoms with Crippen molar-refractivity contribution in [1.29, 1.82) is 0 Å². The number of methoxy groups -OCH3 is 1. The number of nitrogens with two attached hydrogens (primary N) is 1. The molecule has 1 saturated heterocycles. The maximum Gasteiger partial charge on any atom is 0.0710 e. The monoisotopic (exact) mass is 216 g/mol. The Morgan fingerprint density at radius 3 is 2.87 bits per heavy atom. The number of hydrogen-bond donors (Lipinski definition) is 1. The fourth-order valence-electron chi connectivity index (χ4n) is 2.02. The van der Waals surface area contributed by atoms with Gasteiger partial charge in [-0.15, -0.1) is 0 Å². The molecule has 4 nitrogen and oxygen atoms in total. The Labute approximate surface area is 92.7 Å². The van der Waals surface area contributed by atoms with E-state index in [1.54, 1.807) is 7.11 Å². The summed E-state index contributed by atoms with van der Waals surface area (Å²) in [7, 11) is 1.79. The summed E-state index contributed by atoms with van der Waals surface area (Å²) in [6, 6.07) is 0. The molecule has 1 fully saturated rings. The summed E-state index contributed by atoms with van der Waals surface area (Å²) < 4.78 is 10.8. The number of hydrogen-bond acceptors (Lipinski definition) is 4. The van der Waals surface area contributed by atoms with Crippen LogP contribution in [0.3, 0.4) is 0 Å². The van der Waals surface area contributed by atoms with Gasteiger partial charge in [-0.05, 0) is 19.8 Å². The summed E-state index contributed by atoms with van der Waals surface area (Å²) in [6.07, 6.45) is 2.82. The Morgan fingerprint density at radius 1 is 1.53 bits per heavy atom. The lowest BCUT2D eigenvalue weighted by atomic mass is 10.2. The normalized spacial score (nSPS) is 24.6. The molecule has 0 saturated carbocycles. The van der Waals surface area contributed by atoms with E-state index in [2.05, 4.69) is 4.90 Å². The lowest BCUT2D eigenvalue weighted by Gasteiger charge is -2.20. The van der Waals surface area contributed by atoms with E-state index in [0.29, 0.717) is 12.6 Å². The van der Waals surface area contributed by atoms with Crippen LogP contribution in [0.2, 0.25) is 0 Å². The van der Waals surface area contributed by atoms with Crippen LogP contribution in [0, 0.1) is 0 Å². The SMILES string of the molecule is CCOC(CN)CCN1CCC(OC)C1. The molecule has 0 aromatic heterocycles. The van der Waals surface area contributed by atoms with E-state index in [4.69, 9.17) is 15.2 Å². The second-order valence-electron chi connectivity index (χ2n) is 4.05. The van der Waals surface area contributed by atoms with Gasteiger partial charge in [0.1, 0.15) is 0 Å². The standard InChI is InChI=1S/C11H24N2O2/c1-3-15-10(8-12)4-6-13-7-5-11(9-13)14-2/h10-11H,3-9,12H2,1-2H3. The molecule has 2 N–H and O–H groups in total. The zero-order valence-electron chi connectivity index (χ0n) is 9.95. The van der Waals surface area contributed by atoms with E-state index in [1.807, 2.05) is 6.92 Å². The molecule has 1 aliphatic rings. The van der Waals surface area contributed by atoms with Crippen molar-refractivity contribution >= 4 is 0 Å². The molecule has 0 aromatic carbocycles. The molecule has 0 amide bonds. The highest BCUT2D eigenvalue weighted by atomic mass is 16.5. The van der Waals surface area contributed by atoms with Crippen molar-refractivity contribution in [3.63, 3.8) is 0 Å². The summed E-state index contributed by atoms with van der Waals surface area (Å²) in [4.78, 5) is 2.43. The number of nitrogens with zero attached hydrogens (tertiary/aromatic N) is 1. The molecular formula is C11H24N2O2. The van der Waals surface area contributed by atoms with Gasteiger partial charge in [0.25, 0.3) is 0 Å². The second kappa shape index (κ2) is 7.17. The Bertz CT molecular complexity index is 167. The molecule has 0 radical (unpaired) electrons. The van der Waals surface area contributed by atoms with Gasteiger partial charge in [0.2, 0.25) is 0 Å². The van der Waals surface area contributed by atoms with Crippen LogP contribution in [0.1, 0.15) is 19.8 Å². The lowest BCUT2D eigenvalue weighted by Crippen LogP contribution is -2.31. The molecule has 1 aliphatic heterocycles. The largest absolute Gasteiger partial charge is 0.380 e. The van der Waals surface area contributed by atoms with Gasteiger partial charge in [-0.3, -0.25) is 0 Å². The molecule has 0 aliphatic carbocycles. The molecule has 0 spiro atoms. The summed E-state index contributed by atoms with van der Waals surface area (Å²) in [5.41, 5.74) is 5.63. The van der Waals surface area contributed by atoms with Crippen molar-refractivity contribution in [1.82, 2.24) is 4.90 Å². The minimum absolute atomic E-state index is 0.219. The van der Waals surface area contributed by atoms with Gasteiger partial charge < -0.3 is 20.1 Å². The molecular weight excluding hydrogens is 192 g/mol. The first kappa shape index (κ1) is 12.9. The van der Waals surface area contributed by atoms with Gasteiger partial charge >= 0.3 is 0 Å². The quantitative estimate of drug-likeness (QED) is 0.671. The van der Waals surface area contributed by atoms with E-state index in [9.17, 15) is 0 Å². The molecule has 2 unspecified atom stereocenters. The third kappa shape index (κ3) is 4.47.